The van der Waals surface area contributed by atoms with Gasteiger partial charge in [0, 0.05) is 29.6 Å². The molecule has 1 radical (unpaired) electrons. The third kappa shape index (κ3) is 2.09. The molecular formula is C2H3ClN4Na. The van der Waals surface area contributed by atoms with Crippen LogP contribution < -0.4 is 0 Å². The fraction of sp³-hybridized carbons (Fsp3) is 0.500. The van der Waals surface area contributed by atoms with E-state index in [-0.39, 0.29) is 29.6 Å². The molecule has 1 N–H and O–H groups in total. The summed E-state index contributed by atoms with van der Waals surface area (Å²) in [6, 6.07) is 0. The second kappa shape index (κ2) is 4.26. The van der Waals surface area contributed by atoms with Crippen molar-refractivity contribution in [1.29, 1.82) is 0 Å². The molecule has 0 spiro atoms. The number of aromatic amines is 1. The Kier molecular flexibility index (Phi) is 4.45. The number of nitrogens with one attached hydrogen (secondary N) is 1. The first-order chi connectivity index (χ1) is 3.43. The molecule has 0 fully saturated rings. The van der Waals surface area contributed by atoms with E-state index in [0.29, 0.717) is 11.7 Å². The van der Waals surface area contributed by atoms with Crippen LogP contribution in [-0.2, 0) is 5.88 Å². The van der Waals surface area contributed by atoms with Crippen molar-refractivity contribution in [2.75, 3.05) is 0 Å². The van der Waals surface area contributed by atoms with Crippen LogP contribution in [0.4, 0.5) is 0 Å². The van der Waals surface area contributed by atoms with Gasteiger partial charge in [0.25, 0.3) is 0 Å². The van der Waals surface area contributed by atoms with Crippen LogP contribution >= 0.6 is 11.6 Å². The SMILES string of the molecule is ClCc1nn[nH]n1.[Na]. The number of tetrazole rings is 1. The fourth-order valence-electron chi connectivity index (χ4n) is 0.239. The van der Waals surface area contributed by atoms with Crippen molar-refractivity contribution in [3.05, 3.63) is 5.82 Å². The van der Waals surface area contributed by atoms with Gasteiger partial charge in [-0.1, -0.05) is 5.21 Å². The molecule has 0 unspecified atom stereocenters. The van der Waals surface area contributed by atoms with E-state index in [2.05, 4.69) is 20.6 Å². The smallest absolute Gasteiger partial charge is 0.177 e. The minimum atomic E-state index is 0. The normalized spacial score (nSPS) is 8.12. The van der Waals surface area contributed by atoms with Gasteiger partial charge in [-0.25, -0.2) is 0 Å². The number of H-pyrrole nitrogens is 1. The van der Waals surface area contributed by atoms with Crippen molar-refractivity contribution in [2.45, 2.75) is 5.88 Å². The Balaban J connectivity index is 0.000000490. The molecule has 0 bridgehead atoms. The van der Waals surface area contributed by atoms with Crippen molar-refractivity contribution in [1.82, 2.24) is 20.6 Å². The molecule has 0 amide bonds. The quantitative estimate of drug-likeness (QED) is 0.426. The van der Waals surface area contributed by atoms with E-state index >= 15 is 0 Å². The second-order valence-electron chi connectivity index (χ2n) is 0.962. The topological polar surface area (TPSA) is 54.5 Å². The molecule has 39 valence electrons. The van der Waals surface area contributed by atoms with Gasteiger partial charge in [0.15, 0.2) is 5.82 Å². The molecule has 8 heavy (non-hydrogen) atoms. The summed E-state index contributed by atoms with van der Waals surface area (Å²) in [6.45, 7) is 0. The molecule has 0 saturated carbocycles. The average Bonchev–Trinajstić information content (AvgIpc) is 2.14. The molecule has 0 aliphatic carbocycles. The van der Waals surface area contributed by atoms with Gasteiger partial charge in [-0.05, 0) is 0 Å². The summed E-state index contributed by atoms with van der Waals surface area (Å²) in [5.74, 6) is 0.845. The van der Waals surface area contributed by atoms with E-state index in [1.807, 2.05) is 0 Å². The van der Waals surface area contributed by atoms with Gasteiger partial charge in [-0.15, -0.1) is 21.8 Å². The zero-order valence-electron chi connectivity index (χ0n) is 4.43. The summed E-state index contributed by atoms with van der Waals surface area (Å²) in [5.41, 5.74) is 0. The van der Waals surface area contributed by atoms with Crippen molar-refractivity contribution >= 4 is 41.2 Å². The molecule has 1 aromatic heterocycles. The third-order valence-corrected chi connectivity index (χ3v) is 0.748. The van der Waals surface area contributed by atoms with Crippen molar-refractivity contribution < 1.29 is 0 Å². The van der Waals surface area contributed by atoms with Crippen LogP contribution in [0.2, 0.25) is 0 Å². The predicted octanol–water partition coefficient (Wildman–Crippen LogP) is -0.442. The van der Waals surface area contributed by atoms with Gasteiger partial charge in [-0.2, -0.15) is 5.21 Å². The Morgan fingerprint density at radius 1 is 1.62 bits per heavy atom. The van der Waals surface area contributed by atoms with Gasteiger partial charge < -0.3 is 0 Å². The van der Waals surface area contributed by atoms with Crippen LogP contribution in [0.3, 0.4) is 0 Å². The van der Waals surface area contributed by atoms with Crippen molar-refractivity contribution in [3.8, 4) is 0 Å². The van der Waals surface area contributed by atoms with Crippen LogP contribution in [0.1, 0.15) is 5.82 Å². The number of halogens is 1. The summed E-state index contributed by atoms with van der Waals surface area (Å²) in [5, 5.41) is 12.6. The Labute approximate surface area is 73.3 Å². The van der Waals surface area contributed by atoms with Crippen molar-refractivity contribution in [2.24, 2.45) is 0 Å². The van der Waals surface area contributed by atoms with Crippen LogP contribution in [0.25, 0.3) is 0 Å². The van der Waals surface area contributed by atoms with Crippen LogP contribution in [-0.4, -0.2) is 50.2 Å². The molecular weight excluding hydrogens is 138 g/mol. The van der Waals surface area contributed by atoms with Crippen LogP contribution in [0.5, 0.6) is 0 Å². The zero-order chi connectivity index (χ0) is 5.11. The Bertz CT molecular complexity index is 129. The van der Waals surface area contributed by atoms with E-state index in [1.165, 1.54) is 0 Å². The van der Waals surface area contributed by atoms with Gasteiger partial charge >= 0.3 is 0 Å². The van der Waals surface area contributed by atoms with E-state index < -0.39 is 0 Å². The second-order valence-corrected chi connectivity index (χ2v) is 1.23. The molecule has 1 rings (SSSR count). The number of rotatable bonds is 1. The first kappa shape index (κ1) is 8.36. The number of alkyl halides is 1. The molecule has 6 heteroatoms. The van der Waals surface area contributed by atoms with E-state index in [9.17, 15) is 0 Å². The maximum absolute atomic E-state index is 5.28. The monoisotopic (exact) mass is 141 g/mol. The average molecular weight is 142 g/mol. The predicted molar refractivity (Wildman–Crippen MR) is 29.5 cm³/mol. The molecule has 1 heterocycles. The largest absolute Gasteiger partial charge is 0.189 e. The van der Waals surface area contributed by atoms with Gasteiger partial charge in [0.2, 0.25) is 0 Å². The Hall–Kier alpha value is 0.360. The molecule has 0 aliphatic heterocycles. The molecule has 0 saturated heterocycles. The van der Waals surface area contributed by atoms with E-state index in [0.717, 1.165) is 0 Å². The number of hydrogen-bond acceptors (Lipinski definition) is 3. The molecule has 0 aromatic carbocycles. The van der Waals surface area contributed by atoms with Crippen LogP contribution in [0, 0.1) is 0 Å². The Morgan fingerprint density at radius 2 is 2.38 bits per heavy atom. The Morgan fingerprint density at radius 3 is 2.62 bits per heavy atom. The first-order valence-electron chi connectivity index (χ1n) is 1.72. The van der Waals surface area contributed by atoms with Crippen LogP contribution in [0.15, 0.2) is 0 Å². The maximum atomic E-state index is 5.28. The summed E-state index contributed by atoms with van der Waals surface area (Å²) >= 11 is 5.28. The number of aromatic nitrogens is 4. The minimum absolute atomic E-state index is 0. The van der Waals surface area contributed by atoms with E-state index in [1.54, 1.807) is 0 Å². The molecule has 4 nitrogen and oxygen atoms in total. The zero-order valence-corrected chi connectivity index (χ0v) is 7.18. The van der Waals surface area contributed by atoms with E-state index in [4.69, 9.17) is 11.6 Å². The number of nitrogens with zero attached hydrogens (tertiary/aromatic N) is 3. The van der Waals surface area contributed by atoms with Crippen molar-refractivity contribution in [3.63, 3.8) is 0 Å². The fourth-order valence-corrected chi connectivity index (χ4v) is 0.352. The molecule has 0 atom stereocenters. The van der Waals surface area contributed by atoms with Gasteiger partial charge in [0.1, 0.15) is 0 Å². The summed E-state index contributed by atoms with van der Waals surface area (Å²) < 4.78 is 0. The summed E-state index contributed by atoms with van der Waals surface area (Å²) in [6.07, 6.45) is 0. The number of hydrogen-bond donors (Lipinski definition) is 1. The maximum Gasteiger partial charge on any atom is 0.189 e. The first-order valence-corrected chi connectivity index (χ1v) is 2.25. The molecule has 0 aliphatic rings. The third-order valence-electron chi connectivity index (χ3n) is 0.509. The standard InChI is InChI=1S/C2H3ClN4.Na/c3-1-2-4-6-7-5-2;/h1H2,(H,4,5,6,7);. The van der Waals surface area contributed by atoms with Gasteiger partial charge in [-0.3, -0.25) is 0 Å². The summed E-state index contributed by atoms with van der Waals surface area (Å²) in [4.78, 5) is 0. The van der Waals surface area contributed by atoms with Gasteiger partial charge in [0.05, 0.1) is 5.88 Å². The molecule has 1 aromatic rings. The summed E-state index contributed by atoms with van der Waals surface area (Å²) in [7, 11) is 0. The minimum Gasteiger partial charge on any atom is -0.177 e.